The molecule has 8 heteroatoms. The summed E-state index contributed by atoms with van der Waals surface area (Å²) in [6.07, 6.45) is 0. The highest BCUT2D eigenvalue weighted by Gasteiger charge is 2.18. The molecule has 0 bridgehead atoms. The first kappa shape index (κ1) is 14.8. The van der Waals surface area contributed by atoms with Crippen molar-refractivity contribution < 1.29 is 19.2 Å². The maximum absolute atomic E-state index is 13.3. The summed E-state index contributed by atoms with van der Waals surface area (Å²) in [5.41, 5.74) is -0.793. The van der Waals surface area contributed by atoms with Gasteiger partial charge in [0.2, 0.25) is 0 Å². The van der Waals surface area contributed by atoms with Crippen LogP contribution in [0.3, 0.4) is 0 Å². The highest BCUT2D eigenvalue weighted by molar-refractivity contribution is 9.10. The molecule has 5 nitrogen and oxygen atoms in total. The number of aliphatic carboxylic acids is 1. The van der Waals surface area contributed by atoms with E-state index in [0.29, 0.717) is 4.47 Å². The Morgan fingerprint density at radius 1 is 1.56 bits per heavy atom. The highest BCUT2D eigenvalue weighted by atomic mass is 79.9. The summed E-state index contributed by atoms with van der Waals surface area (Å²) in [5.74, 6) is 2.44. The average molecular weight is 314 g/mol. The summed E-state index contributed by atoms with van der Waals surface area (Å²) >= 11 is 3.04. The van der Waals surface area contributed by atoms with Crippen molar-refractivity contribution in [2.75, 3.05) is 0 Å². The van der Waals surface area contributed by atoms with Crippen molar-refractivity contribution in [2.24, 2.45) is 11.1 Å². The summed E-state index contributed by atoms with van der Waals surface area (Å²) in [4.78, 5) is 14.5. The number of hydrogen-bond acceptors (Lipinski definition) is 4. The maximum atomic E-state index is 13.3. The van der Waals surface area contributed by atoms with Gasteiger partial charge in [-0.05, 0) is 18.2 Å². The van der Waals surface area contributed by atoms with Gasteiger partial charge in [0, 0.05) is 10.0 Å². The first-order chi connectivity index (χ1) is 7.06. The monoisotopic (exact) mass is 312 g/mol. The maximum Gasteiger partial charge on any atom is 0.358 e. The standard InChI is InChI=1S/C8H6BrFN2O3.ClH/c9-4-1-2-5(6(10)3-4)7(8(13)14)12-15-11;/h1-3H,11H2,(H,13,14);1H. The van der Waals surface area contributed by atoms with E-state index in [1.54, 1.807) is 0 Å². The quantitative estimate of drug-likeness (QED) is 0.657. The second kappa shape index (κ2) is 6.41. The third-order valence-corrected chi connectivity index (χ3v) is 2.03. The van der Waals surface area contributed by atoms with E-state index in [1.165, 1.54) is 12.1 Å². The third kappa shape index (κ3) is 3.44. The molecule has 88 valence electrons. The lowest BCUT2D eigenvalue weighted by molar-refractivity contribution is -0.129. The van der Waals surface area contributed by atoms with E-state index in [1.807, 2.05) is 0 Å². The van der Waals surface area contributed by atoms with Gasteiger partial charge >= 0.3 is 5.97 Å². The van der Waals surface area contributed by atoms with Gasteiger partial charge < -0.3 is 10.0 Å². The molecule has 0 aliphatic carbocycles. The lowest BCUT2D eigenvalue weighted by atomic mass is 10.1. The van der Waals surface area contributed by atoms with Crippen LogP contribution in [0.5, 0.6) is 0 Å². The number of benzene rings is 1. The molecule has 0 fully saturated rings. The zero-order valence-electron chi connectivity index (χ0n) is 7.68. The number of hydrogen-bond donors (Lipinski definition) is 2. The Balaban J connectivity index is 0.00000225. The van der Waals surface area contributed by atoms with Gasteiger partial charge in [-0.15, -0.1) is 18.3 Å². The first-order valence-corrected chi connectivity index (χ1v) is 4.48. The Hall–Kier alpha value is -1.18. The minimum atomic E-state index is -1.43. The molecule has 0 aliphatic heterocycles. The number of carboxylic acids is 1. The molecule has 1 aromatic carbocycles. The normalized spacial score (nSPS) is 10.6. The van der Waals surface area contributed by atoms with Gasteiger partial charge in [0.05, 0.1) is 0 Å². The summed E-state index contributed by atoms with van der Waals surface area (Å²) in [6.45, 7) is 0. The molecule has 0 unspecified atom stereocenters. The summed E-state index contributed by atoms with van der Waals surface area (Å²) < 4.78 is 13.8. The van der Waals surface area contributed by atoms with Crippen LogP contribution in [0.1, 0.15) is 5.56 Å². The fourth-order valence-electron chi connectivity index (χ4n) is 0.938. The lowest BCUT2D eigenvalue weighted by Crippen LogP contribution is -2.17. The van der Waals surface area contributed by atoms with Crippen molar-refractivity contribution in [1.82, 2.24) is 0 Å². The number of nitrogens with two attached hydrogens (primary N) is 1. The Labute approximate surface area is 105 Å². The summed E-state index contributed by atoms with van der Waals surface area (Å²) in [7, 11) is 0. The SMILES string of the molecule is Cl.NON=C(C(=O)O)c1ccc(Br)cc1F. The number of carboxylic acid groups (broad SMARTS) is 1. The van der Waals surface area contributed by atoms with Crippen molar-refractivity contribution in [1.29, 1.82) is 0 Å². The molecule has 0 saturated carbocycles. The number of halogens is 3. The van der Waals surface area contributed by atoms with E-state index in [9.17, 15) is 9.18 Å². The molecule has 0 atom stereocenters. The Bertz CT molecular complexity index is 428. The van der Waals surface area contributed by atoms with E-state index in [-0.39, 0.29) is 18.0 Å². The average Bonchev–Trinajstić information content (AvgIpc) is 2.15. The second-order valence-corrected chi connectivity index (χ2v) is 3.39. The Morgan fingerprint density at radius 2 is 2.19 bits per heavy atom. The molecule has 0 amide bonds. The van der Waals surface area contributed by atoms with Crippen LogP contribution in [0.4, 0.5) is 4.39 Å². The predicted octanol–water partition coefficient (Wildman–Crippen LogP) is 1.69. The van der Waals surface area contributed by atoms with Crippen LogP contribution < -0.4 is 5.90 Å². The van der Waals surface area contributed by atoms with Gasteiger partial charge in [0.15, 0.2) is 5.71 Å². The van der Waals surface area contributed by atoms with Gasteiger partial charge in [-0.3, -0.25) is 0 Å². The minimum Gasteiger partial charge on any atom is -0.476 e. The van der Waals surface area contributed by atoms with Crippen LogP contribution in [-0.4, -0.2) is 16.8 Å². The van der Waals surface area contributed by atoms with Gasteiger partial charge in [-0.2, -0.15) is 0 Å². The van der Waals surface area contributed by atoms with Gasteiger partial charge in [0.1, 0.15) is 5.82 Å². The van der Waals surface area contributed by atoms with Crippen LogP contribution in [0.15, 0.2) is 27.8 Å². The van der Waals surface area contributed by atoms with Crippen LogP contribution in [0.2, 0.25) is 0 Å². The largest absolute Gasteiger partial charge is 0.476 e. The fourth-order valence-corrected chi connectivity index (χ4v) is 1.27. The molecule has 1 aromatic rings. The fraction of sp³-hybridized carbons (Fsp3) is 0. The van der Waals surface area contributed by atoms with Crippen molar-refractivity contribution in [3.05, 3.63) is 34.1 Å². The van der Waals surface area contributed by atoms with Crippen molar-refractivity contribution in [3.8, 4) is 0 Å². The Morgan fingerprint density at radius 3 is 2.62 bits per heavy atom. The van der Waals surface area contributed by atoms with Crippen LogP contribution in [0, 0.1) is 5.82 Å². The van der Waals surface area contributed by atoms with E-state index in [4.69, 9.17) is 5.11 Å². The molecule has 1 rings (SSSR count). The first-order valence-electron chi connectivity index (χ1n) is 3.69. The zero-order chi connectivity index (χ0) is 11.4. The molecule has 0 saturated heterocycles. The van der Waals surface area contributed by atoms with Crippen molar-refractivity contribution >= 4 is 40.0 Å². The topological polar surface area (TPSA) is 84.9 Å². The Kier molecular flexibility index (Phi) is 5.94. The summed E-state index contributed by atoms with van der Waals surface area (Å²) in [5, 5.41) is 11.7. The predicted molar refractivity (Wildman–Crippen MR) is 60.8 cm³/mol. The number of rotatable bonds is 3. The summed E-state index contributed by atoms with van der Waals surface area (Å²) in [6, 6.07) is 3.85. The van der Waals surface area contributed by atoms with Crippen LogP contribution in [0.25, 0.3) is 0 Å². The van der Waals surface area contributed by atoms with Crippen molar-refractivity contribution in [2.45, 2.75) is 0 Å². The highest BCUT2D eigenvalue weighted by Crippen LogP contribution is 2.16. The third-order valence-electron chi connectivity index (χ3n) is 1.53. The van der Waals surface area contributed by atoms with E-state index >= 15 is 0 Å². The van der Waals surface area contributed by atoms with Gasteiger partial charge in [0.25, 0.3) is 0 Å². The lowest BCUT2D eigenvalue weighted by Gasteiger charge is -2.02. The molecule has 0 radical (unpaired) electrons. The molecular weight excluding hydrogens is 306 g/mol. The van der Waals surface area contributed by atoms with Crippen LogP contribution in [-0.2, 0) is 9.73 Å². The van der Waals surface area contributed by atoms with E-state index in [0.717, 1.165) is 6.07 Å². The molecule has 0 aliphatic rings. The van der Waals surface area contributed by atoms with Crippen LogP contribution >= 0.6 is 28.3 Å². The van der Waals surface area contributed by atoms with E-state index in [2.05, 4.69) is 31.9 Å². The van der Waals surface area contributed by atoms with E-state index < -0.39 is 17.5 Å². The molecule has 0 spiro atoms. The number of nitrogens with zero attached hydrogens (tertiary/aromatic N) is 1. The second-order valence-electron chi connectivity index (χ2n) is 2.47. The molecular formula is C8H7BrClFN2O3. The number of carbonyl (C=O) groups is 1. The molecule has 3 N–H and O–H groups in total. The number of oxime groups is 1. The minimum absolute atomic E-state index is 0. The molecule has 0 aromatic heterocycles. The smallest absolute Gasteiger partial charge is 0.358 e. The van der Waals surface area contributed by atoms with Gasteiger partial charge in [-0.25, -0.2) is 9.18 Å². The van der Waals surface area contributed by atoms with Gasteiger partial charge in [-0.1, -0.05) is 21.1 Å². The molecule has 16 heavy (non-hydrogen) atoms. The van der Waals surface area contributed by atoms with Crippen molar-refractivity contribution in [3.63, 3.8) is 0 Å². The molecule has 0 heterocycles. The zero-order valence-corrected chi connectivity index (χ0v) is 10.1.